The van der Waals surface area contributed by atoms with Crippen molar-refractivity contribution in [3.63, 3.8) is 0 Å². The molecule has 0 aliphatic carbocycles. The van der Waals surface area contributed by atoms with E-state index in [0.717, 1.165) is 31.8 Å². The second-order valence-corrected chi connectivity index (χ2v) is 5.49. The predicted octanol–water partition coefficient (Wildman–Crippen LogP) is 4.16. The molecule has 0 aliphatic rings. The van der Waals surface area contributed by atoms with Crippen LogP contribution in [-0.4, -0.2) is 24.0 Å². The molecule has 0 amide bonds. The summed E-state index contributed by atoms with van der Waals surface area (Å²) in [6.07, 6.45) is 2.63. The van der Waals surface area contributed by atoms with E-state index in [1.54, 1.807) is 6.26 Å². The molecule has 0 fully saturated rings. The van der Waals surface area contributed by atoms with Crippen molar-refractivity contribution in [2.45, 2.75) is 39.8 Å². The van der Waals surface area contributed by atoms with Gasteiger partial charge in [-0.1, -0.05) is 26.0 Å². The molecule has 1 aromatic heterocycles. The molecule has 0 saturated carbocycles. The molecule has 2 rings (SSSR count). The quantitative estimate of drug-likeness (QED) is 0.789. The molecule has 0 radical (unpaired) electrons. The van der Waals surface area contributed by atoms with E-state index in [0.29, 0.717) is 6.04 Å². The lowest BCUT2D eigenvalue weighted by Gasteiger charge is -2.19. The summed E-state index contributed by atoms with van der Waals surface area (Å²) in [5, 5.41) is 3.55. The average Bonchev–Trinajstić information content (AvgIpc) is 2.97. The van der Waals surface area contributed by atoms with Gasteiger partial charge in [0.25, 0.3) is 0 Å². The Kier molecular flexibility index (Phi) is 5.88. The van der Waals surface area contributed by atoms with Crippen LogP contribution in [0.1, 0.15) is 32.1 Å². The van der Waals surface area contributed by atoms with E-state index < -0.39 is 0 Å². The Morgan fingerprint density at radius 1 is 1.14 bits per heavy atom. The summed E-state index contributed by atoms with van der Waals surface area (Å²) in [5.74, 6) is 1.02. The van der Waals surface area contributed by atoms with Gasteiger partial charge in [0.1, 0.15) is 5.76 Å². The summed E-state index contributed by atoms with van der Waals surface area (Å²) in [5.41, 5.74) is 2.53. The Hall–Kier alpha value is -1.74. The van der Waals surface area contributed by atoms with E-state index in [2.05, 4.69) is 55.3 Å². The zero-order valence-corrected chi connectivity index (χ0v) is 13.3. The Bertz CT molecular complexity index is 518. The molecule has 0 bridgehead atoms. The third-order valence-electron chi connectivity index (χ3n) is 3.73. The number of rotatable bonds is 8. The fourth-order valence-corrected chi connectivity index (χ4v) is 2.53. The van der Waals surface area contributed by atoms with Gasteiger partial charge in [-0.05, 0) is 49.8 Å². The van der Waals surface area contributed by atoms with Crippen LogP contribution >= 0.6 is 0 Å². The van der Waals surface area contributed by atoms with E-state index in [4.69, 9.17) is 4.42 Å². The van der Waals surface area contributed by atoms with Crippen molar-refractivity contribution in [2.75, 3.05) is 18.4 Å². The summed E-state index contributed by atoms with van der Waals surface area (Å²) >= 11 is 0. The van der Waals surface area contributed by atoms with E-state index in [1.165, 1.54) is 11.3 Å². The number of anilines is 1. The minimum absolute atomic E-state index is 0.347. The van der Waals surface area contributed by atoms with Crippen LogP contribution in [0.15, 0.2) is 47.1 Å². The maximum Gasteiger partial charge on any atom is 0.105 e. The second-order valence-electron chi connectivity index (χ2n) is 5.49. The molecule has 2 aromatic rings. The van der Waals surface area contributed by atoms with E-state index >= 15 is 0 Å². The van der Waals surface area contributed by atoms with Gasteiger partial charge < -0.3 is 9.73 Å². The molecule has 0 spiro atoms. The molecule has 21 heavy (non-hydrogen) atoms. The molecule has 1 aromatic carbocycles. The minimum Gasteiger partial charge on any atom is -0.469 e. The molecule has 0 saturated heterocycles. The SMILES string of the molecule is CCN(CC)Cc1cccc(NC(C)Cc2ccco2)c1. The number of furan rings is 1. The van der Waals surface area contributed by atoms with Gasteiger partial charge in [-0.15, -0.1) is 0 Å². The summed E-state index contributed by atoms with van der Waals surface area (Å²) in [6, 6.07) is 13.0. The van der Waals surface area contributed by atoms with Gasteiger partial charge in [0.05, 0.1) is 6.26 Å². The maximum atomic E-state index is 5.40. The second kappa shape index (κ2) is 7.89. The molecule has 1 N–H and O–H groups in total. The molecular formula is C18H26N2O. The summed E-state index contributed by atoms with van der Waals surface area (Å²) in [4.78, 5) is 2.42. The van der Waals surface area contributed by atoms with Crippen molar-refractivity contribution in [3.8, 4) is 0 Å². The minimum atomic E-state index is 0.347. The number of hydrogen-bond acceptors (Lipinski definition) is 3. The Balaban J connectivity index is 1.93. The normalized spacial score (nSPS) is 12.6. The van der Waals surface area contributed by atoms with Crippen LogP contribution in [0.5, 0.6) is 0 Å². The highest BCUT2D eigenvalue weighted by atomic mass is 16.3. The largest absolute Gasteiger partial charge is 0.469 e. The lowest BCUT2D eigenvalue weighted by Crippen LogP contribution is -2.22. The number of benzene rings is 1. The molecule has 1 atom stereocenters. The van der Waals surface area contributed by atoms with Crippen LogP contribution in [0.4, 0.5) is 5.69 Å². The van der Waals surface area contributed by atoms with Crippen molar-refractivity contribution in [1.82, 2.24) is 4.90 Å². The van der Waals surface area contributed by atoms with Crippen LogP contribution in [0.3, 0.4) is 0 Å². The molecule has 1 heterocycles. The Morgan fingerprint density at radius 2 is 1.95 bits per heavy atom. The lowest BCUT2D eigenvalue weighted by atomic mass is 10.1. The van der Waals surface area contributed by atoms with E-state index in [1.807, 2.05) is 12.1 Å². The molecule has 3 nitrogen and oxygen atoms in total. The van der Waals surface area contributed by atoms with Crippen molar-refractivity contribution >= 4 is 5.69 Å². The van der Waals surface area contributed by atoms with Crippen molar-refractivity contribution in [2.24, 2.45) is 0 Å². The molecule has 3 heteroatoms. The topological polar surface area (TPSA) is 28.4 Å². The predicted molar refractivity (Wildman–Crippen MR) is 88.6 cm³/mol. The molecule has 0 aliphatic heterocycles. The maximum absolute atomic E-state index is 5.40. The van der Waals surface area contributed by atoms with Crippen molar-refractivity contribution in [3.05, 3.63) is 54.0 Å². The highest BCUT2D eigenvalue weighted by Crippen LogP contribution is 2.15. The van der Waals surface area contributed by atoms with Crippen LogP contribution in [-0.2, 0) is 13.0 Å². The van der Waals surface area contributed by atoms with Gasteiger partial charge >= 0.3 is 0 Å². The van der Waals surface area contributed by atoms with Gasteiger partial charge in [0.2, 0.25) is 0 Å². The fourth-order valence-electron chi connectivity index (χ4n) is 2.53. The van der Waals surface area contributed by atoms with Crippen LogP contribution < -0.4 is 5.32 Å². The molecular weight excluding hydrogens is 260 g/mol. The third-order valence-corrected chi connectivity index (χ3v) is 3.73. The number of nitrogens with zero attached hydrogens (tertiary/aromatic N) is 1. The average molecular weight is 286 g/mol. The highest BCUT2D eigenvalue weighted by molar-refractivity contribution is 5.46. The van der Waals surface area contributed by atoms with Crippen molar-refractivity contribution in [1.29, 1.82) is 0 Å². The van der Waals surface area contributed by atoms with Crippen LogP contribution in [0.2, 0.25) is 0 Å². The first-order valence-electron chi connectivity index (χ1n) is 7.81. The lowest BCUT2D eigenvalue weighted by molar-refractivity contribution is 0.296. The van der Waals surface area contributed by atoms with E-state index in [-0.39, 0.29) is 0 Å². The number of hydrogen-bond donors (Lipinski definition) is 1. The Morgan fingerprint density at radius 3 is 2.62 bits per heavy atom. The van der Waals surface area contributed by atoms with Gasteiger partial charge in [-0.25, -0.2) is 0 Å². The van der Waals surface area contributed by atoms with Gasteiger partial charge in [-0.3, -0.25) is 4.90 Å². The zero-order chi connectivity index (χ0) is 15.1. The summed E-state index contributed by atoms with van der Waals surface area (Å²) in [6.45, 7) is 9.77. The highest BCUT2D eigenvalue weighted by Gasteiger charge is 2.07. The smallest absolute Gasteiger partial charge is 0.105 e. The van der Waals surface area contributed by atoms with Crippen molar-refractivity contribution < 1.29 is 4.42 Å². The van der Waals surface area contributed by atoms with E-state index in [9.17, 15) is 0 Å². The first-order chi connectivity index (χ1) is 10.2. The first-order valence-corrected chi connectivity index (χ1v) is 7.81. The van der Waals surface area contributed by atoms with Gasteiger partial charge in [-0.2, -0.15) is 0 Å². The first kappa shape index (κ1) is 15.6. The zero-order valence-electron chi connectivity index (χ0n) is 13.3. The molecule has 1 unspecified atom stereocenters. The van der Waals surface area contributed by atoms with Gasteiger partial charge in [0.15, 0.2) is 0 Å². The fraction of sp³-hybridized carbons (Fsp3) is 0.444. The molecule has 114 valence electrons. The van der Waals surface area contributed by atoms with Crippen LogP contribution in [0.25, 0.3) is 0 Å². The van der Waals surface area contributed by atoms with Crippen LogP contribution in [0, 0.1) is 0 Å². The summed E-state index contributed by atoms with van der Waals surface area (Å²) in [7, 11) is 0. The number of nitrogens with one attached hydrogen (secondary N) is 1. The summed E-state index contributed by atoms with van der Waals surface area (Å²) < 4.78 is 5.40. The monoisotopic (exact) mass is 286 g/mol. The standard InChI is InChI=1S/C18H26N2O/c1-4-20(5-2)14-16-8-6-9-17(13-16)19-15(3)12-18-10-7-11-21-18/h6-11,13,15,19H,4-5,12,14H2,1-3H3. The Labute approximate surface area is 128 Å². The third kappa shape index (κ3) is 4.94. The van der Waals surface area contributed by atoms with Gasteiger partial charge in [0, 0.05) is 24.7 Å².